The van der Waals surface area contributed by atoms with Gasteiger partial charge in [-0.2, -0.15) is 0 Å². The number of benzene rings is 1. The normalized spacial score (nSPS) is 10.7. The molecule has 106 valence electrons. The van der Waals surface area contributed by atoms with Crippen molar-refractivity contribution in [1.29, 1.82) is 0 Å². The Morgan fingerprint density at radius 1 is 1.32 bits per heavy atom. The summed E-state index contributed by atoms with van der Waals surface area (Å²) >= 11 is 0. The average molecular weight is 269 g/mol. The molecule has 0 radical (unpaired) electrons. The van der Waals surface area contributed by atoms with E-state index in [0.717, 1.165) is 11.3 Å². The molecule has 1 aromatic rings. The van der Waals surface area contributed by atoms with E-state index in [1.807, 2.05) is 4.90 Å². The third kappa shape index (κ3) is 4.47. The monoisotopic (exact) mass is 269 g/mol. The van der Waals surface area contributed by atoms with Gasteiger partial charge in [0.25, 0.3) is 5.69 Å². The van der Waals surface area contributed by atoms with Crippen LogP contribution < -0.4 is 5.32 Å². The molecule has 0 amide bonds. The maximum atomic E-state index is 10.8. The van der Waals surface area contributed by atoms with Gasteiger partial charge >= 0.3 is 0 Å². The van der Waals surface area contributed by atoms with Crippen molar-refractivity contribution in [3.8, 4) is 0 Å². The molecule has 1 rings (SSSR count). The minimum Gasteiger partial charge on any atom is -0.395 e. The van der Waals surface area contributed by atoms with Crippen molar-refractivity contribution in [3.05, 3.63) is 33.9 Å². The molecule has 0 heterocycles. The zero-order valence-corrected chi connectivity index (χ0v) is 10.9. The lowest BCUT2D eigenvalue weighted by atomic mass is 10.1. The second kappa shape index (κ2) is 7.67. The SMILES string of the molecule is CNc1ccc([N+](=O)[O-])cc1CN(CCO)CCO. The third-order valence-corrected chi connectivity index (χ3v) is 2.80. The van der Waals surface area contributed by atoms with Crippen molar-refractivity contribution >= 4 is 11.4 Å². The molecule has 0 unspecified atom stereocenters. The lowest BCUT2D eigenvalue weighted by Crippen LogP contribution is -2.29. The quantitative estimate of drug-likeness (QED) is 0.467. The molecule has 1 aromatic carbocycles. The number of nitrogens with one attached hydrogen (secondary N) is 1. The van der Waals surface area contributed by atoms with Crippen molar-refractivity contribution in [2.45, 2.75) is 6.54 Å². The van der Waals surface area contributed by atoms with Crippen LogP contribution in [0, 0.1) is 10.1 Å². The van der Waals surface area contributed by atoms with Crippen molar-refractivity contribution < 1.29 is 15.1 Å². The van der Waals surface area contributed by atoms with Crippen LogP contribution in [0.5, 0.6) is 0 Å². The highest BCUT2D eigenvalue weighted by Gasteiger charge is 2.13. The summed E-state index contributed by atoms with van der Waals surface area (Å²) in [6, 6.07) is 4.61. The fourth-order valence-electron chi connectivity index (χ4n) is 1.86. The number of hydrogen-bond donors (Lipinski definition) is 3. The molecule has 19 heavy (non-hydrogen) atoms. The highest BCUT2D eigenvalue weighted by molar-refractivity contribution is 5.55. The van der Waals surface area contributed by atoms with Gasteiger partial charge in [0.2, 0.25) is 0 Å². The predicted octanol–water partition coefficient (Wildman–Crippen LogP) is 0.423. The number of hydrogen-bond acceptors (Lipinski definition) is 6. The Morgan fingerprint density at radius 2 is 1.95 bits per heavy atom. The number of aliphatic hydroxyl groups excluding tert-OH is 2. The average Bonchev–Trinajstić information content (AvgIpc) is 2.39. The second-order valence-corrected chi connectivity index (χ2v) is 4.07. The third-order valence-electron chi connectivity index (χ3n) is 2.80. The summed E-state index contributed by atoms with van der Waals surface area (Å²) in [6.07, 6.45) is 0. The fraction of sp³-hybridized carbons (Fsp3) is 0.500. The molecule has 0 fully saturated rings. The van der Waals surface area contributed by atoms with Crippen molar-refractivity contribution in [2.75, 3.05) is 38.7 Å². The van der Waals surface area contributed by atoms with Crippen LogP contribution in [0.4, 0.5) is 11.4 Å². The van der Waals surface area contributed by atoms with Crippen LogP contribution in [-0.4, -0.2) is 53.4 Å². The fourth-order valence-corrected chi connectivity index (χ4v) is 1.86. The molecule has 0 aliphatic heterocycles. The van der Waals surface area contributed by atoms with E-state index in [2.05, 4.69) is 5.32 Å². The minimum absolute atomic E-state index is 0.0240. The molecule has 7 heteroatoms. The lowest BCUT2D eigenvalue weighted by molar-refractivity contribution is -0.384. The first-order valence-electron chi connectivity index (χ1n) is 6.01. The van der Waals surface area contributed by atoms with Crippen molar-refractivity contribution in [2.24, 2.45) is 0 Å². The smallest absolute Gasteiger partial charge is 0.269 e. The number of rotatable bonds is 8. The van der Waals surface area contributed by atoms with Crippen LogP contribution in [-0.2, 0) is 6.54 Å². The molecule has 0 saturated heterocycles. The predicted molar refractivity (Wildman–Crippen MR) is 72.1 cm³/mol. The van der Waals surface area contributed by atoms with Gasteiger partial charge in [0.05, 0.1) is 18.1 Å². The van der Waals surface area contributed by atoms with Gasteiger partial charge in [-0.05, 0) is 11.6 Å². The summed E-state index contributed by atoms with van der Waals surface area (Å²) in [6.45, 7) is 1.20. The van der Waals surface area contributed by atoms with E-state index < -0.39 is 4.92 Å². The molecule has 0 atom stereocenters. The number of nitro benzene ring substituents is 1. The summed E-state index contributed by atoms with van der Waals surface area (Å²) in [5.74, 6) is 0. The molecule has 0 aliphatic carbocycles. The topological polar surface area (TPSA) is 98.9 Å². The van der Waals surface area contributed by atoms with Crippen LogP contribution in [0.15, 0.2) is 18.2 Å². The second-order valence-electron chi connectivity index (χ2n) is 4.07. The van der Waals surface area contributed by atoms with Gasteiger partial charge in [0, 0.05) is 44.5 Å². The molecule has 0 aromatic heterocycles. The molecule has 0 aliphatic rings. The Kier molecular flexibility index (Phi) is 6.20. The molecule has 7 nitrogen and oxygen atoms in total. The minimum atomic E-state index is -0.439. The van der Waals surface area contributed by atoms with Gasteiger partial charge in [-0.25, -0.2) is 0 Å². The number of nitro groups is 1. The first-order chi connectivity index (χ1) is 9.12. The first-order valence-corrected chi connectivity index (χ1v) is 6.01. The van der Waals surface area contributed by atoms with E-state index in [1.54, 1.807) is 13.1 Å². The Balaban J connectivity index is 2.94. The molecule has 3 N–H and O–H groups in total. The van der Waals surface area contributed by atoms with Crippen molar-refractivity contribution in [3.63, 3.8) is 0 Å². The van der Waals surface area contributed by atoms with Gasteiger partial charge in [-0.1, -0.05) is 0 Å². The molecular weight excluding hydrogens is 250 g/mol. The Morgan fingerprint density at radius 3 is 2.42 bits per heavy atom. The maximum absolute atomic E-state index is 10.8. The van der Waals surface area contributed by atoms with E-state index in [-0.39, 0.29) is 18.9 Å². The zero-order valence-electron chi connectivity index (χ0n) is 10.9. The van der Waals surface area contributed by atoms with Gasteiger partial charge in [0.15, 0.2) is 0 Å². The summed E-state index contributed by atoms with van der Waals surface area (Å²) < 4.78 is 0. The Labute approximate surface area is 111 Å². The zero-order chi connectivity index (χ0) is 14.3. The van der Waals surface area contributed by atoms with E-state index in [0.29, 0.717) is 19.6 Å². The standard InChI is InChI=1S/C12H19N3O4/c1-13-12-3-2-11(15(18)19)8-10(12)9-14(4-6-16)5-7-17/h2-3,8,13,16-17H,4-7,9H2,1H3. The van der Waals surface area contributed by atoms with Gasteiger partial charge < -0.3 is 15.5 Å². The van der Waals surface area contributed by atoms with Gasteiger partial charge in [-0.3, -0.25) is 15.0 Å². The summed E-state index contributed by atoms with van der Waals surface area (Å²) in [4.78, 5) is 12.2. The number of nitrogens with zero attached hydrogens (tertiary/aromatic N) is 2. The molecule has 0 bridgehead atoms. The van der Waals surface area contributed by atoms with Crippen LogP contribution in [0.25, 0.3) is 0 Å². The largest absolute Gasteiger partial charge is 0.395 e. The van der Waals surface area contributed by atoms with E-state index in [4.69, 9.17) is 10.2 Å². The van der Waals surface area contributed by atoms with E-state index in [9.17, 15) is 10.1 Å². The van der Waals surface area contributed by atoms with E-state index >= 15 is 0 Å². The summed E-state index contributed by atoms with van der Waals surface area (Å²) in [5.41, 5.74) is 1.59. The molecule has 0 saturated carbocycles. The lowest BCUT2D eigenvalue weighted by Gasteiger charge is -2.21. The number of anilines is 1. The van der Waals surface area contributed by atoms with Crippen LogP contribution in [0.1, 0.15) is 5.56 Å². The van der Waals surface area contributed by atoms with Crippen molar-refractivity contribution in [1.82, 2.24) is 4.90 Å². The summed E-state index contributed by atoms with van der Waals surface area (Å²) in [7, 11) is 1.74. The Hall–Kier alpha value is -1.70. The van der Waals surface area contributed by atoms with Gasteiger partial charge in [0.1, 0.15) is 0 Å². The molecule has 0 spiro atoms. The summed E-state index contributed by atoms with van der Waals surface area (Å²) in [5, 5.41) is 31.7. The highest BCUT2D eigenvalue weighted by atomic mass is 16.6. The molecular formula is C12H19N3O4. The van der Waals surface area contributed by atoms with Gasteiger partial charge in [-0.15, -0.1) is 0 Å². The van der Waals surface area contributed by atoms with Crippen LogP contribution >= 0.6 is 0 Å². The highest BCUT2D eigenvalue weighted by Crippen LogP contribution is 2.23. The number of aliphatic hydroxyl groups is 2. The Bertz CT molecular complexity index is 419. The first kappa shape index (κ1) is 15.4. The van der Waals surface area contributed by atoms with E-state index in [1.165, 1.54) is 12.1 Å². The van der Waals surface area contributed by atoms with Crippen LogP contribution in [0.2, 0.25) is 0 Å². The number of non-ortho nitro benzene ring substituents is 1. The van der Waals surface area contributed by atoms with Crippen LogP contribution in [0.3, 0.4) is 0 Å². The maximum Gasteiger partial charge on any atom is 0.269 e.